The molecule has 3 nitrogen and oxygen atoms in total. The SMILES string of the molecule is O=Cc1ccnc(F)c1-c1ccncc1. The average molecular weight is 202 g/mol. The topological polar surface area (TPSA) is 42.9 Å². The van der Waals surface area contributed by atoms with E-state index >= 15 is 0 Å². The van der Waals surface area contributed by atoms with Crippen LogP contribution in [0.1, 0.15) is 10.4 Å². The van der Waals surface area contributed by atoms with Crippen LogP contribution < -0.4 is 0 Å². The molecule has 74 valence electrons. The highest BCUT2D eigenvalue weighted by molar-refractivity contribution is 5.87. The monoisotopic (exact) mass is 202 g/mol. The van der Waals surface area contributed by atoms with E-state index in [2.05, 4.69) is 9.97 Å². The lowest BCUT2D eigenvalue weighted by atomic mass is 10.0. The van der Waals surface area contributed by atoms with Gasteiger partial charge in [-0.2, -0.15) is 4.39 Å². The van der Waals surface area contributed by atoms with E-state index < -0.39 is 5.95 Å². The Morgan fingerprint density at radius 2 is 1.87 bits per heavy atom. The van der Waals surface area contributed by atoms with Gasteiger partial charge >= 0.3 is 0 Å². The molecule has 0 aromatic carbocycles. The van der Waals surface area contributed by atoms with Gasteiger partial charge in [0.05, 0.1) is 0 Å². The van der Waals surface area contributed by atoms with Crippen molar-refractivity contribution in [1.29, 1.82) is 0 Å². The van der Waals surface area contributed by atoms with Crippen molar-refractivity contribution in [2.45, 2.75) is 0 Å². The fraction of sp³-hybridized carbons (Fsp3) is 0. The normalized spacial score (nSPS) is 9.93. The zero-order chi connectivity index (χ0) is 10.7. The lowest BCUT2D eigenvalue weighted by Gasteiger charge is -2.04. The second-order valence-corrected chi connectivity index (χ2v) is 2.92. The molecule has 0 N–H and O–H groups in total. The van der Waals surface area contributed by atoms with Gasteiger partial charge < -0.3 is 0 Å². The quantitative estimate of drug-likeness (QED) is 0.553. The number of hydrogen-bond donors (Lipinski definition) is 0. The van der Waals surface area contributed by atoms with Crippen molar-refractivity contribution < 1.29 is 9.18 Å². The molecule has 0 saturated heterocycles. The number of carbonyl (C=O) groups is 1. The Kier molecular flexibility index (Phi) is 2.49. The van der Waals surface area contributed by atoms with Gasteiger partial charge in [0, 0.05) is 29.7 Å². The lowest BCUT2D eigenvalue weighted by molar-refractivity contribution is 0.112. The Balaban J connectivity index is 2.66. The highest BCUT2D eigenvalue weighted by Gasteiger charge is 2.10. The summed E-state index contributed by atoms with van der Waals surface area (Å²) < 4.78 is 13.4. The summed E-state index contributed by atoms with van der Waals surface area (Å²) in [6.07, 6.45) is 4.96. The van der Waals surface area contributed by atoms with Gasteiger partial charge in [0.25, 0.3) is 0 Å². The van der Waals surface area contributed by atoms with E-state index in [0.29, 0.717) is 11.8 Å². The molecule has 0 atom stereocenters. The lowest BCUT2D eigenvalue weighted by Crippen LogP contribution is -1.94. The smallest absolute Gasteiger partial charge is 0.221 e. The van der Waals surface area contributed by atoms with E-state index in [-0.39, 0.29) is 11.1 Å². The number of pyridine rings is 2. The summed E-state index contributed by atoms with van der Waals surface area (Å²) >= 11 is 0. The molecule has 0 aliphatic carbocycles. The number of nitrogens with zero attached hydrogens (tertiary/aromatic N) is 2. The van der Waals surface area contributed by atoms with Crippen LogP contribution in [-0.2, 0) is 0 Å². The second kappa shape index (κ2) is 3.96. The van der Waals surface area contributed by atoms with Crippen LogP contribution in [0.5, 0.6) is 0 Å². The minimum absolute atomic E-state index is 0.218. The molecule has 0 aliphatic heterocycles. The molecule has 2 heterocycles. The van der Waals surface area contributed by atoms with Crippen molar-refractivity contribution in [2.75, 3.05) is 0 Å². The van der Waals surface area contributed by atoms with Crippen LogP contribution in [0.4, 0.5) is 4.39 Å². The van der Waals surface area contributed by atoms with Crippen molar-refractivity contribution in [3.8, 4) is 11.1 Å². The Morgan fingerprint density at radius 3 is 2.53 bits per heavy atom. The zero-order valence-electron chi connectivity index (χ0n) is 7.72. The molecule has 2 rings (SSSR count). The van der Waals surface area contributed by atoms with E-state index in [1.54, 1.807) is 12.1 Å². The van der Waals surface area contributed by atoms with Crippen LogP contribution >= 0.6 is 0 Å². The molecule has 0 unspecified atom stereocenters. The minimum atomic E-state index is -0.647. The third-order valence-corrected chi connectivity index (χ3v) is 2.03. The van der Waals surface area contributed by atoms with Gasteiger partial charge in [-0.3, -0.25) is 9.78 Å². The van der Waals surface area contributed by atoms with E-state index in [0.717, 1.165) is 0 Å². The summed E-state index contributed by atoms with van der Waals surface area (Å²) in [5.74, 6) is -0.647. The first-order valence-corrected chi connectivity index (χ1v) is 4.33. The third kappa shape index (κ3) is 1.74. The molecule has 2 aromatic rings. The van der Waals surface area contributed by atoms with Gasteiger partial charge in [-0.05, 0) is 23.8 Å². The first-order chi connectivity index (χ1) is 7.33. The van der Waals surface area contributed by atoms with Gasteiger partial charge in [-0.15, -0.1) is 0 Å². The van der Waals surface area contributed by atoms with E-state index in [1.807, 2.05) is 0 Å². The predicted molar refractivity (Wildman–Crippen MR) is 52.8 cm³/mol. The summed E-state index contributed by atoms with van der Waals surface area (Å²) in [6, 6.07) is 4.74. The predicted octanol–water partition coefficient (Wildman–Crippen LogP) is 2.10. The van der Waals surface area contributed by atoms with Gasteiger partial charge in [0.15, 0.2) is 6.29 Å². The third-order valence-electron chi connectivity index (χ3n) is 2.03. The molecular weight excluding hydrogens is 195 g/mol. The van der Waals surface area contributed by atoms with Crippen molar-refractivity contribution in [3.63, 3.8) is 0 Å². The summed E-state index contributed by atoms with van der Waals surface area (Å²) in [5.41, 5.74) is 1.10. The largest absolute Gasteiger partial charge is 0.298 e. The zero-order valence-corrected chi connectivity index (χ0v) is 7.72. The molecular formula is C11H7FN2O. The maximum atomic E-state index is 13.4. The fourth-order valence-electron chi connectivity index (χ4n) is 1.35. The minimum Gasteiger partial charge on any atom is -0.298 e. The van der Waals surface area contributed by atoms with Crippen LogP contribution in [0.2, 0.25) is 0 Å². The maximum Gasteiger partial charge on any atom is 0.221 e. The van der Waals surface area contributed by atoms with E-state index in [9.17, 15) is 9.18 Å². The molecule has 15 heavy (non-hydrogen) atoms. The maximum absolute atomic E-state index is 13.4. The summed E-state index contributed by atoms with van der Waals surface area (Å²) in [5, 5.41) is 0. The Hall–Kier alpha value is -2.10. The van der Waals surface area contributed by atoms with Gasteiger partial charge in [0.1, 0.15) is 0 Å². The number of hydrogen-bond acceptors (Lipinski definition) is 3. The van der Waals surface area contributed by atoms with Crippen molar-refractivity contribution in [2.24, 2.45) is 0 Å². The van der Waals surface area contributed by atoms with Crippen LogP contribution in [-0.4, -0.2) is 16.3 Å². The van der Waals surface area contributed by atoms with Gasteiger partial charge in [-0.25, -0.2) is 4.98 Å². The van der Waals surface area contributed by atoms with Crippen molar-refractivity contribution >= 4 is 6.29 Å². The Morgan fingerprint density at radius 1 is 1.13 bits per heavy atom. The summed E-state index contributed by atoms with van der Waals surface area (Å²) in [6.45, 7) is 0. The number of halogens is 1. The van der Waals surface area contributed by atoms with Crippen molar-refractivity contribution in [3.05, 3.63) is 48.3 Å². The van der Waals surface area contributed by atoms with Gasteiger partial charge in [0.2, 0.25) is 5.95 Å². The van der Waals surface area contributed by atoms with Crippen LogP contribution in [0.15, 0.2) is 36.8 Å². The first kappa shape index (κ1) is 9.45. The van der Waals surface area contributed by atoms with Crippen LogP contribution in [0, 0.1) is 5.95 Å². The second-order valence-electron chi connectivity index (χ2n) is 2.92. The number of rotatable bonds is 2. The molecule has 0 aliphatic rings. The standard InChI is InChI=1S/C11H7FN2O/c12-11-10(8-1-4-13-5-2-8)9(7-15)3-6-14-11/h1-7H. The Labute approximate surface area is 85.6 Å². The molecule has 2 aromatic heterocycles. The van der Waals surface area contributed by atoms with Crippen molar-refractivity contribution in [1.82, 2.24) is 9.97 Å². The molecule has 0 bridgehead atoms. The van der Waals surface area contributed by atoms with Crippen LogP contribution in [0.3, 0.4) is 0 Å². The summed E-state index contributed by atoms with van der Waals surface area (Å²) in [4.78, 5) is 18.1. The number of aromatic nitrogens is 2. The fourth-order valence-corrected chi connectivity index (χ4v) is 1.35. The van der Waals surface area contributed by atoms with E-state index in [4.69, 9.17) is 0 Å². The number of carbonyl (C=O) groups excluding carboxylic acids is 1. The molecule has 4 heteroatoms. The first-order valence-electron chi connectivity index (χ1n) is 4.33. The van der Waals surface area contributed by atoms with E-state index in [1.165, 1.54) is 24.7 Å². The van der Waals surface area contributed by atoms with Crippen LogP contribution in [0.25, 0.3) is 11.1 Å². The molecule has 0 fully saturated rings. The average Bonchev–Trinajstić information content (AvgIpc) is 2.29. The van der Waals surface area contributed by atoms with Gasteiger partial charge in [-0.1, -0.05) is 0 Å². The Bertz CT molecular complexity index is 485. The molecule has 0 spiro atoms. The summed E-state index contributed by atoms with van der Waals surface area (Å²) in [7, 11) is 0. The number of aldehydes is 1. The molecule has 0 saturated carbocycles. The molecule has 0 amide bonds. The highest BCUT2D eigenvalue weighted by Crippen LogP contribution is 2.23. The molecule has 0 radical (unpaired) electrons. The highest BCUT2D eigenvalue weighted by atomic mass is 19.1.